The molecule has 0 saturated heterocycles. The van der Waals surface area contributed by atoms with Gasteiger partial charge in [-0.3, -0.25) is 0 Å². The molecule has 0 fully saturated rings. The molecule has 2 aromatic carbocycles. The van der Waals surface area contributed by atoms with Crippen LogP contribution in [-0.2, 0) is 5.92 Å². The first kappa shape index (κ1) is 18.6. The summed E-state index contributed by atoms with van der Waals surface area (Å²) in [6.07, 6.45) is -5.96. The summed E-state index contributed by atoms with van der Waals surface area (Å²) < 4.78 is 87.6. The molecule has 0 aliphatic heterocycles. The van der Waals surface area contributed by atoms with Gasteiger partial charge in [0, 0.05) is 11.6 Å². The number of rotatable bonds is 3. The number of hydrogen-bond donors (Lipinski definition) is 0. The molecular weight excluding hydrogens is 428 g/mol. The molecule has 0 N–H and O–H groups in total. The van der Waals surface area contributed by atoms with Crippen LogP contribution in [0.1, 0.15) is 33.5 Å². The topological polar surface area (TPSA) is 33.0 Å². The van der Waals surface area contributed by atoms with Crippen LogP contribution < -0.4 is 4.74 Å². The Morgan fingerprint density at radius 2 is 1.88 bits per heavy atom. The molecule has 0 aromatic heterocycles. The van der Waals surface area contributed by atoms with Crippen LogP contribution in [-0.4, -0.2) is 6.17 Å². The predicted molar refractivity (Wildman–Crippen MR) is 83.0 cm³/mol. The summed E-state index contributed by atoms with van der Waals surface area (Å²) in [5.74, 6) is -5.57. The Bertz CT molecular complexity index is 911. The van der Waals surface area contributed by atoms with Crippen molar-refractivity contribution in [2.75, 3.05) is 0 Å². The van der Waals surface area contributed by atoms with Crippen LogP contribution in [0.2, 0.25) is 0 Å². The maximum atomic E-state index is 14.0. The summed E-state index contributed by atoms with van der Waals surface area (Å²) in [7, 11) is 0. The number of nitrogens with zero attached hydrogens (tertiary/aromatic N) is 1. The van der Waals surface area contributed by atoms with E-state index in [9.17, 15) is 26.3 Å². The molecule has 1 aliphatic carbocycles. The van der Waals surface area contributed by atoms with Crippen LogP contribution in [0.25, 0.3) is 0 Å². The van der Waals surface area contributed by atoms with Gasteiger partial charge in [-0.1, -0.05) is 15.9 Å². The molecule has 136 valence electrons. The lowest BCUT2D eigenvalue weighted by Crippen LogP contribution is -2.22. The summed E-state index contributed by atoms with van der Waals surface area (Å²) in [6.45, 7) is 0. The van der Waals surface area contributed by atoms with Gasteiger partial charge in [-0.2, -0.15) is 14.0 Å². The van der Waals surface area contributed by atoms with Crippen LogP contribution in [0.4, 0.5) is 26.3 Å². The van der Waals surface area contributed by atoms with Crippen molar-refractivity contribution in [1.82, 2.24) is 0 Å². The number of alkyl halides is 6. The Kier molecular flexibility index (Phi) is 4.65. The fourth-order valence-electron chi connectivity index (χ4n) is 2.81. The molecule has 1 aliphatic rings. The van der Waals surface area contributed by atoms with Crippen molar-refractivity contribution in [2.24, 2.45) is 0 Å². The molecule has 0 bridgehead atoms. The van der Waals surface area contributed by atoms with Crippen LogP contribution in [0.3, 0.4) is 0 Å². The highest BCUT2D eigenvalue weighted by molar-refractivity contribution is 9.09. The van der Waals surface area contributed by atoms with E-state index in [1.54, 1.807) is 6.07 Å². The van der Waals surface area contributed by atoms with E-state index >= 15 is 0 Å². The van der Waals surface area contributed by atoms with E-state index in [4.69, 9.17) is 10.00 Å². The van der Waals surface area contributed by atoms with E-state index in [0.29, 0.717) is 0 Å². The fraction of sp³-hybridized carbons (Fsp3) is 0.235. The van der Waals surface area contributed by atoms with Crippen LogP contribution in [0.15, 0.2) is 30.3 Å². The van der Waals surface area contributed by atoms with Gasteiger partial charge in [0.15, 0.2) is 6.17 Å². The number of nitriles is 1. The Labute approximate surface area is 152 Å². The minimum Gasteiger partial charge on any atom is -0.457 e. The molecule has 2 nitrogen and oxygen atoms in total. The van der Waals surface area contributed by atoms with Gasteiger partial charge in [0.1, 0.15) is 17.3 Å². The quantitative estimate of drug-likeness (QED) is 0.418. The minimum atomic E-state index is -3.93. The monoisotopic (exact) mass is 435 g/mol. The molecule has 2 unspecified atom stereocenters. The number of fused-ring (bicyclic) bond motifs is 1. The van der Waals surface area contributed by atoms with Crippen molar-refractivity contribution in [3.63, 3.8) is 0 Å². The zero-order chi connectivity index (χ0) is 19.2. The number of benzene rings is 2. The largest absolute Gasteiger partial charge is 0.457 e. The third kappa shape index (κ3) is 2.92. The lowest BCUT2D eigenvalue weighted by atomic mass is 10.0. The van der Waals surface area contributed by atoms with Gasteiger partial charge in [0.2, 0.25) is 0 Å². The highest BCUT2D eigenvalue weighted by Gasteiger charge is 2.56. The van der Waals surface area contributed by atoms with E-state index in [1.807, 2.05) is 0 Å². The number of hydrogen-bond acceptors (Lipinski definition) is 2. The Morgan fingerprint density at radius 1 is 1.19 bits per heavy atom. The first-order chi connectivity index (χ1) is 12.2. The van der Waals surface area contributed by atoms with Crippen LogP contribution >= 0.6 is 15.9 Å². The lowest BCUT2D eigenvalue weighted by Gasteiger charge is -2.16. The summed E-state index contributed by atoms with van der Waals surface area (Å²) >= 11 is 2.70. The average molecular weight is 436 g/mol. The highest BCUT2D eigenvalue weighted by Crippen LogP contribution is 2.56. The van der Waals surface area contributed by atoms with Crippen molar-refractivity contribution in [3.8, 4) is 17.6 Å². The van der Waals surface area contributed by atoms with E-state index in [2.05, 4.69) is 15.9 Å². The van der Waals surface area contributed by atoms with Crippen molar-refractivity contribution >= 4 is 15.9 Å². The van der Waals surface area contributed by atoms with Gasteiger partial charge in [-0.05, 0) is 29.8 Å². The van der Waals surface area contributed by atoms with Crippen molar-refractivity contribution in [3.05, 3.63) is 58.4 Å². The summed E-state index contributed by atoms with van der Waals surface area (Å²) in [6, 6.07) is 6.18. The smallest absolute Gasteiger partial charge is 0.305 e. The average Bonchev–Trinajstić information content (AvgIpc) is 2.74. The van der Waals surface area contributed by atoms with Crippen LogP contribution in [0, 0.1) is 17.1 Å². The van der Waals surface area contributed by atoms with Crippen molar-refractivity contribution < 1.29 is 31.1 Å². The van der Waals surface area contributed by atoms with Gasteiger partial charge < -0.3 is 4.74 Å². The second-order valence-corrected chi connectivity index (χ2v) is 6.54. The van der Waals surface area contributed by atoms with E-state index in [0.717, 1.165) is 30.3 Å². The molecule has 0 radical (unpaired) electrons. The first-order valence-electron chi connectivity index (χ1n) is 7.16. The predicted octanol–water partition coefficient (Wildman–Crippen LogP) is 6.31. The Hall–Kier alpha value is -2.21. The van der Waals surface area contributed by atoms with Gasteiger partial charge in [-0.25, -0.2) is 17.6 Å². The first-order valence-corrected chi connectivity index (χ1v) is 8.08. The normalized spacial score (nSPS) is 20.7. The van der Waals surface area contributed by atoms with Crippen molar-refractivity contribution in [2.45, 2.75) is 23.3 Å². The second-order valence-electron chi connectivity index (χ2n) is 5.56. The molecule has 26 heavy (non-hydrogen) atoms. The van der Waals surface area contributed by atoms with Crippen molar-refractivity contribution in [1.29, 1.82) is 5.26 Å². The minimum absolute atomic E-state index is 0.117. The maximum Gasteiger partial charge on any atom is 0.305 e. The van der Waals surface area contributed by atoms with Gasteiger partial charge in [0.25, 0.3) is 6.43 Å². The molecule has 3 rings (SSSR count). The van der Waals surface area contributed by atoms with Gasteiger partial charge >= 0.3 is 5.92 Å². The third-order valence-electron chi connectivity index (χ3n) is 3.93. The SMILES string of the molecule is N#Cc1cc(F)cc(Oc2ccc3c(c2C(F)F)C(Br)C(F)C3(F)F)c1. The van der Waals surface area contributed by atoms with E-state index in [-0.39, 0.29) is 11.3 Å². The molecule has 0 amide bonds. The fourth-order valence-corrected chi connectivity index (χ4v) is 3.64. The molecule has 9 heteroatoms. The van der Waals surface area contributed by atoms with Gasteiger partial charge in [-0.15, -0.1) is 0 Å². The second kappa shape index (κ2) is 6.50. The van der Waals surface area contributed by atoms with E-state index < -0.39 is 51.6 Å². The standard InChI is InChI=1S/C17H8BrF6NO/c18-14-12-10(17(23,24)15(14)20)1-2-11(13(12)16(21)22)26-9-4-7(6-25)3-8(19)5-9/h1-5,14-16H. The van der Waals surface area contributed by atoms with E-state index in [1.165, 1.54) is 0 Å². The van der Waals surface area contributed by atoms with Crippen LogP contribution in [0.5, 0.6) is 11.5 Å². The molecular formula is C17H8BrF6NO. The zero-order valence-corrected chi connectivity index (χ0v) is 14.2. The Morgan fingerprint density at radius 3 is 2.50 bits per heavy atom. The highest BCUT2D eigenvalue weighted by atomic mass is 79.9. The molecule has 0 heterocycles. The lowest BCUT2D eigenvalue weighted by molar-refractivity contribution is -0.0659. The molecule has 0 saturated carbocycles. The van der Waals surface area contributed by atoms with Gasteiger partial charge in [0.05, 0.1) is 22.0 Å². The maximum absolute atomic E-state index is 14.0. The summed E-state index contributed by atoms with van der Waals surface area (Å²) in [5.41, 5.74) is -2.47. The molecule has 2 atom stereocenters. The molecule has 0 spiro atoms. The number of ether oxygens (including phenoxy) is 1. The zero-order valence-electron chi connectivity index (χ0n) is 12.6. The number of halogens is 7. The molecule has 2 aromatic rings. The third-order valence-corrected chi connectivity index (χ3v) is 4.85. The summed E-state index contributed by atoms with van der Waals surface area (Å²) in [5, 5.41) is 8.82. The summed E-state index contributed by atoms with van der Waals surface area (Å²) in [4.78, 5) is -1.65. The Balaban J connectivity index is 2.14.